The van der Waals surface area contributed by atoms with Crippen LogP contribution >= 0.6 is 0 Å². The van der Waals surface area contributed by atoms with Crippen molar-refractivity contribution in [1.29, 1.82) is 0 Å². The Balaban J connectivity index is 2.44. The van der Waals surface area contributed by atoms with E-state index in [-0.39, 0.29) is 19.6 Å². The van der Waals surface area contributed by atoms with E-state index < -0.39 is 59.8 Å². The van der Waals surface area contributed by atoms with Gasteiger partial charge >= 0.3 is 16.4 Å². The zero-order chi connectivity index (χ0) is 41.1. The molecule has 0 radical (unpaired) electrons. The monoisotopic (exact) mass is 817 g/mol. The number of allylic oxidation sites excluding steroid dienone is 8. The van der Waals surface area contributed by atoms with Crippen LogP contribution in [0, 0.1) is 0 Å². The first-order chi connectivity index (χ1) is 27.1. The zero-order valence-electron chi connectivity index (χ0n) is 34.4. The molecule has 6 atom stereocenters. The smallest absolute Gasteiger partial charge is 0.397 e. The van der Waals surface area contributed by atoms with Gasteiger partial charge in [0.15, 0.2) is 6.29 Å². The molecule has 0 amide bonds. The summed E-state index contributed by atoms with van der Waals surface area (Å²) in [7, 11) is -5.06. The lowest BCUT2D eigenvalue weighted by atomic mass is 9.99. The summed E-state index contributed by atoms with van der Waals surface area (Å²) < 4.78 is 58.9. The molecule has 0 aromatic carbocycles. The van der Waals surface area contributed by atoms with E-state index in [1.165, 1.54) is 44.9 Å². The summed E-state index contributed by atoms with van der Waals surface area (Å²) in [5.41, 5.74) is 0. The first-order valence-corrected chi connectivity index (χ1v) is 22.8. The van der Waals surface area contributed by atoms with Crippen molar-refractivity contribution >= 4 is 16.4 Å². The average molecular weight is 817 g/mol. The third kappa shape index (κ3) is 28.5. The van der Waals surface area contributed by atoms with Crippen molar-refractivity contribution in [2.24, 2.45) is 0 Å². The van der Waals surface area contributed by atoms with Crippen LogP contribution in [-0.4, -0.2) is 97.5 Å². The van der Waals surface area contributed by atoms with Gasteiger partial charge in [0, 0.05) is 13.0 Å². The lowest BCUT2D eigenvalue weighted by molar-refractivity contribution is -0.301. The van der Waals surface area contributed by atoms with Crippen LogP contribution in [0.1, 0.15) is 155 Å². The van der Waals surface area contributed by atoms with E-state index in [0.29, 0.717) is 13.0 Å². The number of aliphatic hydroxyl groups excluding tert-OH is 3. The van der Waals surface area contributed by atoms with Crippen molar-refractivity contribution in [3.8, 4) is 0 Å². The molecule has 6 unspecified atom stereocenters. The quantitative estimate of drug-likeness (QED) is 0.0206. The van der Waals surface area contributed by atoms with Crippen molar-refractivity contribution in [3.63, 3.8) is 0 Å². The first-order valence-electron chi connectivity index (χ1n) is 21.4. The van der Waals surface area contributed by atoms with Gasteiger partial charge in [-0.15, -0.1) is 0 Å². The molecule has 1 aliphatic rings. The molecule has 0 aliphatic carbocycles. The number of rotatable bonds is 36. The Labute approximate surface area is 338 Å². The van der Waals surface area contributed by atoms with Gasteiger partial charge in [0.1, 0.15) is 30.5 Å². The van der Waals surface area contributed by atoms with E-state index in [1.54, 1.807) is 0 Å². The largest absolute Gasteiger partial charge is 0.457 e. The minimum atomic E-state index is -5.06. The fraction of sp³-hybridized carbons (Fsp3) is 0.791. The molecule has 1 saturated heterocycles. The lowest BCUT2D eigenvalue weighted by Crippen LogP contribution is -2.60. The molecule has 1 fully saturated rings. The maximum absolute atomic E-state index is 12.8. The van der Waals surface area contributed by atoms with Crippen LogP contribution in [0.5, 0.6) is 0 Å². The van der Waals surface area contributed by atoms with Crippen molar-refractivity contribution in [2.45, 2.75) is 192 Å². The van der Waals surface area contributed by atoms with Gasteiger partial charge in [0.2, 0.25) is 0 Å². The molecule has 1 aliphatic heterocycles. The standard InChI is InChI=1S/C43H76O12S/c1-3-5-7-9-11-13-15-16-17-18-19-20-21-23-25-27-29-31-33-51-35-37(53-39(45)32-30-28-26-24-22-14-12-10-8-6-4-2)36-52-43-41(47)42(55-56(48,49)50)40(46)38(34-44)54-43/h5,7,10-13,16-17,37-38,40-44,46-47H,3-4,6,8-9,14-15,18-36H2,1-2H3,(H,48,49,50)/b7-5-,12-10-,13-11-,17-16-. The van der Waals surface area contributed by atoms with Gasteiger partial charge in [-0.25, -0.2) is 4.18 Å². The van der Waals surface area contributed by atoms with Gasteiger partial charge in [-0.2, -0.15) is 8.42 Å². The van der Waals surface area contributed by atoms with Gasteiger partial charge in [-0.1, -0.05) is 133 Å². The van der Waals surface area contributed by atoms with Crippen molar-refractivity contribution in [1.82, 2.24) is 0 Å². The molecule has 326 valence electrons. The van der Waals surface area contributed by atoms with E-state index in [9.17, 15) is 28.5 Å². The Kier molecular flexibility index (Phi) is 32.6. The highest BCUT2D eigenvalue weighted by Gasteiger charge is 2.48. The zero-order valence-corrected chi connectivity index (χ0v) is 35.2. The minimum absolute atomic E-state index is 0.0262. The van der Waals surface area contributed by atoms with Gasteiger partial charge in [0.25, 0.3) is 0 Å². The van der Waals surface area contributed by atoms with Gasteiger partial charge < -0.3 is 34.3 Å². The first kappa shape index (κ1) is 52.1. The normalized spacial score (nSPS) is 21.3. The molecule has 0 spiro atoms. The predicted octanol–water partition coefficient (Wildman–Crippen LogP) is 8.41. The minimum Gasteiger partial charge on any atom is -0.457 e. The highest BCUT2D eigenvalue weighted by molar-refractivity contribution is 7.80. The third-order valence-corrected chi connectivity index (χ3v) is 9.90. The Hall–Kier alpha value is -1.94. The number of unbranched alkanes of at least 4 members (excludes halogenated alkanes) is 15. The molecule has 13 heteroatoms. The van der Waals surface area contributed by atoms with E-state index >= 15 is 0 Å². The summed E-state index contributed by atoms with van der Waals surface area (Å²) in [5, 5.41) is 30.6. The number of ether oxygens (including phenoxy) is 4. The Bertz CT molecular complexity index is 1170. The van der Waals surface area contributed by atoms with E-state index in [0.717, 1.165) is 83.5 Å². The maximum Gasteiger partial charge on any atom is 0.397 e. The maximum atomic E-state index is 12.8. The van der Waals surface area contributed by atoms with Crippen molar-refractivity contribution in [2.75, 3.05) is 26.4 Å². The summed E-state index contributed by atoms with van der Waals surface area (Å²) in [4.78, 5) is 12.8. The van der Waals surface area contributed by atoms with Crippen LogP contribution in [0.4, 0.5) is 0 Å². The number of hydrogen-bond acceptors (Lipinski definition) is 11. The van der Waals surface area contributed by atoms with Crippen LogP contribution in [0.3, 0.4) is 0 Å². The molecular weight excluding hydrogens is 741 g/mol. The van der Waals surface area contributed by atoms with Gasteiger partial charge in [-0.05, 0) is 64.2 Å². The topological polar surface area (TPSA) is 178 Å². The highest BCUT2D eigenvalue weighted by Crippen LogP contribution is 2.26. The molecule has 12 nitrogen and oxygen atoms in total. The number of esters is 1. The Morgan fingerprint density at radius 2 is 1.23 bits per heavy atom. The SMILES string of the molecule is CC/C=C\C/C=C\C/C=C\CCCCCCCCCCOCC(COC1OC(CO)C(O)C(OS(=O)(=O)O)C1O)OC(=O)CCCCCCC/C=C\CCCC. The van der Waals surface area contributed by atoms with E-state index in [1.807, 2.05) is 0 Å². The van der Waals surface area contributed by atoms with Crippen LogP contribution in [0.25, 0.3) is 0 Å². The molecular formula is C43H76O12S. The van der Waals surface area contributed by atoms with Crippen LogP contribution in [-0.2, 0) is 38.3 Å². The predicted molar refractivity (Wildman–Crippen MR) is 220 cm³/mol. The van der Waals surface area contributed by atoms with E-state index in [2.05, 4.69) is 66.6 Å². The third-order valence-electron chi connectivity index (χ3n) is 9.43. The fourth-order valence-corrected chi connectivity index (χ4v) is 6.70. The Morgan fingerprint density at radius 3 is 1.82 bits per heavy atom. The number of hydrogen-bond donors (Lipinski definition) is 4. The molecule has 1 heterocycles. The van der Waals surface area contributed by atoms with Gasteiger partial charge in [-0.3, -0.25) is 9.35 Å². The number of carbonyl (C=O) groups excluding carboxylic acids is 1. The summed E-state index contributed by atoms with van der Waals surface area (Å²) in [6.45, 7) is 3.79. The summed E-state index contributed by atoms with van der Waals surface area (Å²) in [6.07, 6.45) is 31.5. The number of carbonyl (C=O) groups is 1. The molecule has 0 aromatic heterocycles. The molecule has 4 N–H and O–H groups in total. The summed E-state index contributed by atoms with van der Waals surface area (Å²) >= 11 is 0. The van der Waals surface area contributed by atoms with Crippen LogP contribution in [0.15, 0.2) is 48.6 Å². The molecule has 0 bridgehead atoms. The second kappa shape index (κ2) is 35.0. The van der Waals surface area contributed by atoms with Crippen LogP contribution in [0.2, 0.25) is 0 Å². The van der Waals surface area contributed by atoms with Crippen molar-refractivity contribution < 1.29 is 56.2 Å². The Morgan fingerprint density at radius 1 is 0.696 bits per heavy atom. The fourth-order valence-electron chi connectivity index (χ4n) is 6.20. The second-order valence-electron chi connectivity index (χ2n) is 14.5. The second-order valence-corrected chi connectivity index (χ2v) is 15.6. The van der Waals surface area contributed by atoms with Crippen LogP contribution < -0.4 is 0 Å². The summed E-state index contributed by atoms with van der Waals surface area (Å²) in [6, 6.07) is 0. The van der Waals surface area contributed by atoms with Gasteiger partial charge in [0.05, 0.1) is 19.8 Å². The molecule has 56 heavy (non-hydrogen) atoms. The number of aliphatic hydroxyl groups is 3. The van der Waals surface area contributed by atoms with E-state index in [4.69, 9.17) is 23.5 Å². The summed E-state index contributed by atoms with van der Waals surface area (Å²) in [5.74, 6) is -0.415. The molecule has 0 aromatic rings. The lowest BCUT2D eigenvalue weighted by Gasteiger charge is -2.41. The molecule has 1 rings (SSSR count). The average Bonchev–Trinajstić information content (AvgIpc) is 3.17. The highest BCUT2D eigenvalue weighted by atomic mass is 32.3. The van der Waals surface area contributed by atoms with Crippen molar-refractivity contribution in [3.05, 3.63) is 48.6 Å². The molecule has 0 saturated carbocycles.